The summed E-state index contributed by atoms with van der Waals surface area (Å²) in [4.78, 5) is 11.9. The number of likely N-dealkylation sites (N-methyl/N-ethyl adjacent to an activating group) is 1. The van der Waals surface area contributed by atoms with Gasteiger partial charge in [0.15, 0.2) is 0 Å². The molecule has 0 unspecified atom stereocenters. The predicted octanol–water partition coefficient (Wildman–Crippen LogP) is 5.68. The fraction of sp³-hybridized carbons (Fsp3) is 0.286. The standard InChI is InChI=1S/C35H40N2O5S/c1-5-42-34(39)20-18-26-11-10-14-30(21-26)32-15-8-9-16-33(32)43(40,41)37(4)25-31(38)24-36-35(2,3)23-27-17-19-28-12-6-7-13-29(28)22-27/h6-22,31,36,38H,5,23-25H2,1-4H3/t31-/m1/s1. The zero-order chi connectivity index (χ0) is 31.0. The highest BCUT2D eigenvalue weighted by atomic mass is 32.2. The van der Waals surface area contributed by atoms with Gasteiger partial charge in [-0.15, -0.1) is 0 Å². The highest BCUT2D eigenvalue weighted by molar-refractivity contribution is 7.89. The zero-order valence-electron chi connectivity index (χ0n) is 25.2. The number of hydrogen-bond donors (Lipinski definition) is 2. The topological polar surface area (TPSA) is 95.9 Å². The average molecular weight is 601 g/mol. The van der Waals surface area contributed by atoms with E-state index in [-0.39, 0.29) is 30.1 Å². The Balaban J connectivity index is 1.42. The minimum Gasteiger partial charge on any atom is -0.463 e. The molecule has 226 valence electrons. The number of fused-ring (bicyclic) bond motifs is 1. The Morgan fingerprint density at radius 2 is 1.70 bits per heavy atom. The van der Waals surface area contributed by atoms with Crippen LogP contribution in [0.1, 0.15) is 31.9 Å². The maximum absolute atomic E-state index is 13.7. The Morgan fingerprint density at radius 3 is 2.47 bits per heavy atom. The molecule has 0 aliphatic rings. The number of hydrogen-bond acceptors (Lipinski definition) is 6. The zero-order valence-corrected chi connectivity index (χ0v) is 26.0. The smallest absolute Gasteiger partial charge is 0.330 e. The lowest BCUT2D eigenvalue weighted by Crippen LogP contribution is -2.47. The van der Waals surface area contributed by atoms with E-state index in [1.54, 1.807) is 37.3 Å². The minimum absolute atomic E-state index is 0.0714. The van der Waals surface area contributed by atoms with Crippen molar-refractivity contribution < 1.29 is 23.1 Å². The number of ether oxygens (including phenoxy) is 1. The second-order valence-corrected chi connectivity index (χ2v) is 13.3. The molecule has 43 heavy (non-hydrogen) atoms. The number of sulfonamides is 1. The molecule has 0 fully saturated rings. The van der Waals surface area contributed by atoms with Crippen LogP contribution in [0.5, 0.6) is 0 Å². The summed E-state index contributed by atoms with van der Waals surface area (Å²) in [5, 5.41) is 16.6. The molecule has 0 saturated heterocycles. The van der Waals surface area contributed by atoms with Crippen LogP contribution in [0.3, 0.4) is 0 Å². The van der Waals surface area contributed by atoms with E-state index >= 15 is 0 Å². The Morgan fingerprint density at radius 1 is 0.977 bits per heavy atom. The van der Waals surface area contributed by atoms with E-state index in [1.807, 2.05) is 36.4 Å². The summed E-state index contributed by atoms with van der Waals surface area (Å²) in [5.41, 5.74) is 2.82. The highest BCUT2D eigenvalue weighted by Gasteiger charge is 2.27. The monoisotopic (exact) mass is 600 g/mol. The molecule has 0 radical (unpaired) electrons. The molecule has 0 aromatic heterocycles. The highest BCUT2D eigenvalue weighted by Crippen LogP contribution is 2.30. The lowest BCUT2D eigenvalue weighted by Gasteiger charge is -2.29. The van der Waals surface area contributed by atoms with Gasteiger partial charge in [-0.3, -0.25) is 0 Å². The Hall–Kier alpha value is -3.82. The Kier molecular flexibility index (Phi) is 10.5. The van der Waals surface area contributed by atoms with E-state index in [0.29, 0.717) is 11.1 Å². The van der Waals surface area contributed by atoms with Gasteiger partial charge >= 0.3 is 5.97 Å². The first kappa shape index (κ1) is 32.1. The molecule has 0 amide bonds. The molecule has 7 nitrogen and oxygen atoms in total. The number of benzene rings is 4. The molecule has 4 aromatic carbocycles. The summed E-state index contributed by atoms with van der Waals surface area (Å²) < 4.78 is 33.5. The van der Waals surface area contributed by atoms with Crippen molar-refractivity contribution >= 4 is 32.8 Å². The maximum atomic E-state index is 13.7. The number of carbonyl (C=O) groups excluding carboxylic acids is 1. The van der Waals surface area contributed by atoms with E-state index in [0.717, 1.165) is 12.0 Å². The predicted molar refractivity (Wildman–Crippen MR) is 173 cm³/mol. The molecule has 4 rings (SSSR count). The van der Waals surface area contributed by atoms with Crippen molar-refractivity contribution in [3.63, 3.8) is 0 Å². The van der Waals surface area contributed by atoms with Gasteiger partial charge in [-0.05, 0) is 72.9 Å². The number of β-amino-alcohol motifs (C(OH)–C–C–N with tert-alkyl or cyclic N) is 1. The molecule has 8 heteroatoms. The van der Waals surface area contributed by atoms with Crippen LogP contribution in [0.25, 0.3) is 28.0 Å². The van der Waals surface area contributed by atoms with Crippen LogP contribution in [-0.2, 0) is 26.0 Å². The molecular formula is C35H40N2O5S. The molecule has 0 aliphatic heterocycles. The summed E-state index contributed by atoms with van der Waals surface area (Å²) in [6, 6.07) is 28.7. The molecule has 0 heterocycles. The van der Waals surface area contributed by atoms with E-state index in [2.05, 4.69) is 49.5 Å². The second-order valence-electron chi connectivity index (χ2n) is 11.3. The molecule has 0 saturated carbocycles. The van der Waals surface area contributed by atoms with Gasteiger partial charge in [-0.2, -0.15) is 4.31 Å². The first-order valence-electron chi connectivity index (χ1n) is 14.4. The van der Waals surface area contributed by atoms with E-state index < -0.39 is 22.1 Å². The molecule has 4 aromatic rings. The van der Waals surface area contributed by atoms with Crippen molar-refractivity contribution in [2.24, 2.45) is 0 Å². The molecule has 0 aliphatic carbocycles. The van der Waals surface area contributed by atoms with Gasteiger partial charge in [0.25, 0.3) is 0 Å². The number of esters is 1. The lowest BCUT2D eigenvalue weighted by molar-refractivity contribution is -0.137. The largest absolute Gasteiger partial charge is 0.463 e. The van der Waals surface area contributed by atoms with Crippen LogP contribution in [-0.4, -0.2) is 62.2 Å². The first-order chi connectivity index (χ1) is 20.5. The van der Waals surface area contributed by atoms with E-state index in [9.17, 15) is 18.3 Å². The number of carbonyl (C=O) groups is 1. The van der Waals surface area contributed by atoms with Crippen molar-refractivity contribution in [1.82, 2.24) is 9.62 Å². The Bertz CT molecular complexity index is 1700. The van der Waals surface area contributed by atoms with Gasteiger partial charge in [0.05, 0.1) is 17.6 Å². The van der Waals surface area contributed by atoms with Crippen molar-refractivity contribution in [2.75, 3.05) is 26.7 Å². The van der Waals surface area contributed by atoms with Crippen LogP contribution in [0.2, 0.25) is 0 Å². The molecule has 0 bridgehead atoms. The van der Waals surface area contributed by atoms with Crippen molar-refractivity contribution in [3.8, 4) is 11.1 Å². The number of aliphatic hydroxyl groups excluding tert-OH is 1. The summed E-state index contributed by atoms with van der Waals surface area (Å²) in [6.07, 6.45) is 2.81. The summed E-state index contributed by atoms with van der Waals surface area (Å²) >= 11 is 0. The van der Waals surface area contributed by atoms with Gasteiger partial charge in [-0.25, -0.2) is 13.2 Å². The number of aliphatic hydroxyl groups is 1. The average Bonchev–Trinajstić information content (AvgIpc) is 2.99. The minimum atomic E-state index is -3.93. The number of nitrogens with zero attached hydrogens (tertiary/aromatic N) is 1. The van der Waals surface area contributed by atoms with Crippen LogP contribution in [0, 0.1) is 0 Å². The van der Waals surface area contributed by atoms with Gasteiger partial charge in [0.1, 0.15) is 0 Å². The first-order valence-corrected chi connectivity index (χ1v) is 15.8. The lowest BCUT2D eigenvalue weighted by atomic mass is 9.93. The van der Waals surface area contributed by atoms with Crippen molar-refractivity contribution in [2.45, 2.75) is 43.7 Å². The normalized spacial score (nSPS) is 13.1. The fourth-order valence-electron chi connectivity index (χ4n) is 5.04. The maximum Gasteiger partial charge on any atom is 0.330 e. The van der Waals surface area contributed by atoms with Gasteiger partial charge in [0, 0.05) is 37.3 Å². The second kappa shape index (κ2) is 14.1. The third-order valence-electron chi connectivity index (χ3n) is 7.22. The van der Waals surface area contributed by atoms with Crippen LogP contribution in [0.4, 0.5) is 0 Å². The Labute approximate surface area is 254 Å². The third kappa shape index (κ3) is 8.61. The van der Waals surface area contributed by atoms with Gasteiger partial charge in [0.2, 0.25) is 10.0 Å². The molecule has 2 N–H and O–H groups in total. The summed E-state index contributed by atoms with van der Waals surface area (Å²) in [6.45, 7) is 6.33. The van der Waals surface area contributed by atoms with Crippen LogP contribution in [0.15, 0.2) is 102 Å². The summed E-state index contributed by atoms with van der Waals surface area (Å²) in [7, 11) is -2.45. The third-order valence-corrected chi connectivity index (χ3v) is 9.10. The van der Waals surface area contributed by atoms with Gasteiger partial charge < -0.3 is 15.2 Å². The summed E-state index contributed by atoms with van der Waals surface area (Å²) in [5.74, 6) is -0.442. The number of nitrogens with one attached hydrogen (secondary N) is 1. The molecule has 1 atom stereocenters. The van der Waals surface area contributed by atoms with E-state index in [1.165, 1.54) is 33.8 Å². The van der Waals surface area contributed by atoms with Crippen LogP contribution >= 0.6 is 0 Å². The number of rotatable bonds is 13. The molecule has 0 spiro atoms. The SMILES string of the molecule is CCOC(=O)C=Cc1cccc(-c2ccccc2S(=O)(=O)N(C)C[C@H](O)CNC(C)(C)Cc2ccc3ccccc3c2)c1. The van der Waals surface area contributed by atoms with E-state index in [4.69, 9.17) is 4.74 Å². The fourth-order valence-corrected chi connectivity index (χ4v) is 6.46. The van der Waals surface area contributed by atoms with Crippen molar-refractivity contribution in [1.29, 1.82) is 0 Å². The van der Waals surface area contributed by atoms with Crippen molar-refractivity contribution in [3.05, 3.63) is 108 Å². The quantitative estimate of drug-likeness (QED) is 0.152. The molecular weight excluding hydrogens is 560 g/mol. The van der Waals surface area contributed by atoms with Gasteiger partial charge in [-0.1, -0.05) is 78.9 Å². The van der Waals surface area contributed by atoms with Crippen LogP contribution < -0.4 is 5.32 Å².